The molecule has 0 unspecified atom stereocenters. The van der Waals surface area contributed by atoms with E-state index in [1.165, 1.54) is 0 Å². The van der Waals surface area contributed by atoms with Crippen molar-refractivity contribution >= 4 is 28.9 Å². The Morgan fingerprint density at radius 1 is 1.11 bits per heavy atom. The second-order valence-electron chi connectivity index (χ2n) is 3.79. The van der Waals surface area contributed by atoms with Gasteiger partial charge in [-0.25, -0.2) is 0 Å². The number of benzene rings is 2. The lowest BCUT2D eigenvalue weighted by Gasteiger charge is -2.11. The highest BCUT2D eigenvalue weighted by Gasteiger charge is 2.04. The summed E-state index contributed by atoms with van der Waals surface area (Å²) in [5.41, 5.74) is 1.88. The number of nitrogens with one attached hydrogen (secondary N) is 1. The van der Waals surface area contributed by atoms with E-state index in [0.29, 0.717) is 16.6 Å². The molecule has 2 rings (SSSR count). The molecule has 2 nitrogen and oxygen atoms in total. The number of hydrogen-bond donors (Lipinski definition) is 1. The quantitative estimate of drug-likeness (QED) is 0.883. The summed E-state index contributed by atoms with van der Waals surface area (Å²) in [6, 6.07) is 13.2. The average Bonchev–Trinajstić information content (AvgIpc) is 2.40. The Morgan fingerprint density at radius 2 is 1.89 bits per heavy atom. The van der Waals surface area contributed by atoms with E-state index in [0.717, 1.165) is 17.0 Å². The molecule has 0 fully saturated rings. The third kappa shape index (κ3) is 3.09. The third-order valence-corrected chi connectivity index (χ3v) is 3.15. The molecule has 0 saturated carbocycles. The molecule has 0 atom stereocenters. The Bertz CT molecular complexity index is 543. The lowest BCUT2D eigenvalue weighted by Crippen LogP contribution is -2.02. The molecule has 0 aliphatic heterocycles. The molecule has 0 radical (unpaired) electrons. The molecule has 0 amide bonds. The summed E-state index contributed by atoms with van der Waals surface area (Å²) < 4.78 is 5.29. The number of hydrogen-bond acceptors (Lipinski definition) is 2. The van der Waals surface area contributed by atoms with Gasteiger partial charge in [0, 0.05) is 17.1 Å². The van der Waals surface area contributed by atoms with Gasteiger partial charge in [0.2, 0.25) is 0 Å². The summed E-state index contributed by atoms with van der Waals surface area (Å²) >= 11 is 12.0. The van der Waals surface area contributed by atoms with Crippen LogP contribution in [-0.2, 0) is 6.54 Å². The summed E-state index contributed by atoms with van der Waals surface area (Å²) in [5.74, 6) is 0.850. The molecule has 0 bridgehead atoms. The molecule has 0 spiro atoms. The fourth-order valence-corrected chi connectivity index (χ4v) is 2.03. The fourth-order valence-electron chi connectivity index (χ4n) is 1.67. The van der Waals surface area contributed by atoms with Crippen molar-refractivity contribution in [1.82, 2.24) is 0 Å². The van der Waals surface area contributed by atoms with Crippen molar-refractivity contribution in [2.75, 3.05) is 12.4 Å². The minimum absolute atomic E-state index is 0.629. The smallest absolute Gasteiger partial charge is 0.123 e. The van der Waals surface area contributed by atoms with Gasteiger partial charge in [0.25, 0.3) is 0 Å². The summed E-state index contributed by atoms with van der Waals surface area (Å²) in [6.07, 6.45) is 0. The second kappa shape index (κ2) is 5.98. The lowest BCUT2D eigenvalue weighted by molar-refractivity contribution is 0.410. The summed E-state index contributed by atoms with van der Waals surface area (Å²) in [6.45, 7) is 0.629. The van der Waals surface area contributed by atoms with Crippen molar-refractivity contribution in [1.29, 1.82) is 0 Å². The average molecular weight is 282 g/mol. The largest absolute Gasteiger partial charge is 0.496 e. The molecule has 0 aliphatic carbocycles. The van der Waals surface area contributed by atoms with Gasteiger partial charge in [-0.3, -0.25) is 0 Å². The van der Waals surface area contributed by atoms with Gasteiger partial charge < -0.3 is 10.1 Å². The number of para-hydroxylation sites is 1. The van der Waals surface area contributed by atoms with Crippen molar-refractivity contribution < 1.29 is 4.74 Å². The first-order valence-corrected chi connectivity index (χ1v) is 6.27. The highest BCUT2D eigenvalue weighted by molar-refractivity contribution is 6.35. The van der Waals surface area contributed by atoms with Gasteiger partial charge in [0.1, 0.15) is 5.75 Å². The molecule has 0 aromatic heterocycles. The van der Waals surface area contributed by atoms with Gasteiger partial charge in [0.15, 0.2) is 0 Å². The molecule has 1 N–H and O–H groups in total. The van der Waals surface area contributed by atoms with Crippen molar-refractivity contribution in [3.8, 4) is 5.75 Å². The zero-order valence-corrected chi connectivity index (χ0v) is 11.4. The van der Waals surface area contributed by atoms with E-state index in [1.807, 2.05) is 24.3 Å². The van der Waals surface area contributed by atoms with E-state index in [4.69, 9.17) is 27.9 Å². The van der Waals surface area contributed by atoms with Crippen LogP contribution in [0.1, 0.15) is 5.56 Å². The van der Waals surface area contributed by atoms with Gasteiger partial charge in [-0.05, 0) is 24.3 Å². The van der Waals surface area contributed by atoms with Gasteiger partial charge in [0.05, 0.1) is 17.8 Å². The molecule has 94 valence electrons. The lowest BCUT2D eigenvalue weighted by atomic mass is 10.2. The Hall–Kier alpha value is -1.38. The molecular formula is C14H13Cl2NO. The van der Waals surface area contributed by atoms with Crippen LogP contribution in [0.15, 0.2) is 42.5 Å². The van der Waals surface area contributed by atoms with Crippen molar-refractivity contribution in [3.63, 3.8) is 0 Å². The molecule has 0 saturated heterocycles. The topological polar surface area (TPSA) is 21.3 Å². The number of halogens is 2. The van der Waals surface area contributed by atoms with Crippen molar-refractivity contribution in [3.05, 3.63) is 58.1 Å². The van der Waals surface area contributed by atoms with E-state index in [-0.39, 0.29) is 0 Å². The standard InChI is InChI=1S/C14H13Cl2NO/c1-18-14-5-3-2-4-10(14)9-17-13-8-11(15)6-7-12(13)16/h2-8,17H,9H2,1H3. The molecule has 18 heavy (non-hydrogen) atoms. The van der Waals surface area contributed by atoms with E-state index in [1.54, 1.807) is 25.3 Å². The van der Waals surface area contributed by atoms with Crippen LogP contribution in [0.25, 0.3) is 0 Å². The Morgan fingerprint density at radius 3 is 2.67 bits per heavy atom. The van der Waals surface area contributed by atoms with E-state index in [9.17, 15) is 0 Å². The summed E-state index contributed by atoms with van der Waals surface area (Å²) in [5, 5.41) is 4.55. The minimum Gasteiger partial charge on any atom is -0.496 e. The number of methoxy groups -OCH3 is 1. The monoisotopic (exact) mass is 281 g/mol. The van der Waals surface area contributed by atoms with Crippen LogP contribution in [0.3, 0.4) is 0 Å². The van der Waals surface area contributed by atoms with Crippen molar-refractivity contribution in [2.45, 2.75) is 6.54 Å². The van der Waals surface area contributed by atoms with E-state index in [2.05, 4.69) is 5.32 Å². The first-order chi connectivity index (χ1) is 8.70. The zero-order valence-electron chi connectivity index (χ0n) is 9.91. The molecule has 2 aromatic carbocycles. The SMILES string of the molecule is COc1ccccc1CNc1cc(Cl)ccc1Cl. The van der Waals surface area contributed by atoms with Crippen LogP contribution in [0, 0.1) is 0 Å². The van der Waals surface area contributed by atoms with Gasteiger partial charge >= 0.3 is 0 Å². The van der Waals surface area contributed by atoms with Crippen LogP contribution in [0.4, 0.5) is 5.69 Å². The molecule has 0 aliphatic rings. The number of rotatable bonds is 4. The van der Waals surface area contributed by atoms with Crippen LogP contribution < -0.4 is 10.1 Å². The predicted molar refractivity (Wildman–Crippen MR) is 76.8 cm³/mol. The fraction of sp³-hybridized carbons (Fsp3) is 0.143. The van der Waals surface area contributed by atoms with Gasteiger partial charge in [-0.1, -0.05) is 41.4 Å². The van der Waals surface area contributed by atoms with E-state index < -0.39 is 0 Å². The molecule has 2 aromatic rings. The normalized spacial score (nSPS) is 10.2. The highest BCUT2D eigenvalue weighted by Crippen LogP contribution is 2.27. The maximum Gasteiger partial charge on any atom is 0.123 e. The molecular weight excluding hydrogens is 269 g/mol. The van der Waals surface area contributed by atoms with Crippen LogP contribution in [-0.4, -0.2) is 7.11 Å². The minimum atomic E-state index is 0.629. The van der Waals surface area contributed by atoms with Gasteiger partial charge in [-0.15, -0.1) is 0 Å². The first-order valence-electron chi connectivity index (χ1n) is 5.51. The Kier molecular flexibility index (Phi) is 4.34. The summed E-state index contributed by atoms with van der Waals surface area (Å²) in [7, 11) is 1.66. The second-order valence-corrected chi connectivity index (χ2v) is 4.63. The van der Waals surface area contributed by atoms with Crippen LogP contribution >= 0.6 is 23.2 Å². The third-order valence-electron chi connectivity index (χ3n) is 2.59. The number of anilines is 1. The zero-order chi connectivity index (χ0) is 13.0. The van der Waals surface area contributed by atoms with Crippen molar-refractivity contribution in [2.24, 2.45) is 0 Å². The van der Waals surface area contributed by atoms with E-state index >= 15 is 0 Å². The maximum absolute atomic E-state index is 6.08. The van der Waals surface area contributed by atoms with Crippen LogP contribution in [0.5, 0.6) is 5.75 Å². The van der Waals surface area contributed by atoms with Crippen LogP contribution in [0.2, 0.25) is 10.0 Å². The Labute approximate surface area is 116 Å². The number of ether oxygens (including phenoxy) is 1. The predicted octanol–water partition coefficient (Wildman–Crippen LogP) is 4.61. The molecule has 4 heteroatoms. The first kappa shape index (κ1) is 13.1. The maximum atomic E-state index is 6.08. The summed E-state index contributed by atoms with van der Waals surface area (Å²) in [4.78, 5) is 0. The molecule has 0 heterocycles. The Balaban J connectivity index is 2.14. The van der Waals surface area contributed by atoms with Gasteiger partial charge in [-0.2, -0.15) is 0 Å². The highest BCUT2D eigenvalue weighted by atomic mass is 35.5.